The van der Waals surface area contributed by atoms with Crippen molar-refractivity contribution in [2.75, 3.05) is 32.7 Å². The molecule has 0 radical (unpaired) electrons. The molecule has 0 bridgehead atoms. The molecule has 2 heterocycles. The Bertz CT molecular complexity index is 681. The molecule has 6 nitrogen and oxygen atoms in total. The van der Waals surface area contributed by atoms with Gasteiger partial charge in [-0.2, -0.15) is 0 Å². The average Bonchev–Trinajstić information content (AvgIpc) is 2.69. The smallest absolute Gasteiger partial charge is 0.408 e. The summed E-state index contributed by atoms with van der Waals surface area (Å²) in [7, 11) is 0. The summed E-state index contributed by atoms with van der Waals surface area (Å²) in [4.78, 5) is 28.2. The lowest BCUT2D eigenvalue weighted by atomic mass is 10.1. The number of benzene rings is 1. The maximum absolute atomic E-state index is 12.3. The molecule has 0 atom stereocenters. The van der Waals surface area contributed by atoms with Crippen LogP contribution in [0.15, 0.2) is 27.4 Å². The predicted octanol–water partition coefficient (Wildman–Crippen LogP) is 0.989. The first-order valence-corrected chi connectivity index (χ1v) is 7.31. The van der Waals surface area contributed by atoms with Crippen LogP contribution in [0.3, 0.4) is 0 Å². The standard InChI is InChI=1S/C15H19N3O3/c19-13(4-8-18-7-1-5-16-6-9-18)11-2-3-12-14(10-11)21-15(20)17-12/h2-3,10,16H,1,4-9H2,(H,17,20). The minimum absolute atomic E-state index is 0.0814. The van der Waals surface area contributed by atoms with E-state index in [0.717, 1.165) is 39.1 Å². The van der Waals surface area contributed by atoms with Crippen molar-refractivity contribution >= 4 is 16.9 Å². The fourth-order valence-corrected chi connectivity index (χ4v) is 2.65. The number of hydrogen-bond donors (Lipinski definition) is 2. The largest absolute Gasteiger partial charge is 0.417 e. The van der Waals surface area contributed by atoms with E-state index in [1.165, 1.54) is 0 Å². The van der Waals surface area contributed by atoms with Crippen molar-refractivity contribution in [2.24, 2.45) is 0 Å². The van der Waals surface area contributed by atoms with Gasteiger partial charge in [-0.25, -0.2) is 4.79 Å². The van der Waals surface area contributed by atoms with E-state index >= 15 is 0 Å². The van der Waals surface area contributed by atoms with Crippen LogP contribution in [-0.2, 0) is 0 Å². The Morgan fingerprint density at radius 1 is 1.29 bits per heavy atom. The first kappa shape index (κ1) is 14.0. The van der Waals surface area contributed by atoms with E-state index in [9.17, 15) is 9.59 Å². The molecule has 1 aromatic carbocycles. The van der Waals surface area contributed by atoms with Crippen molar-refractivity contribution in [1.82, 2.24) is 15.2 Å². The molecule has 0 amide bonds. The molecular formula is C15H19N3O3. The number of hydrogen-bond acceptors (Lipinski definition) is 5. The highest BCUT2D eigenvalue weighted by molar-refractivity contribution is 5.98. The first-order valence-electron chi connectivity index (χ1n) is 7.31. The minimum Gasteiger partial charge on any atom is -0.408 e. The fourth-order valence-electron chi connectivity index (χ4n) is 2.65. The molecule has 0 aliphatic carbocycles. The number of H-pyrrole nitrogens is 1. The second-order valence-corrected chi connectivity index (χ2v) is 5.34. The summed E-state index contributed by atoms with van der Waals surface area (Å²) >= 11 is 0. The molecule has 1 fully saturated rings. The molecule has 1 aliphatic rings. The van der Waals surface area contributed by atoms with Crippen LogP contribution < -0.4 is 11.1 Å². The molecule has 0 spiro atoms. The van der Waals surface area contributed by atoms with Crippen LogP contribution in [0.2, 0.25) is 0 Å². The summed E-state index contributed by atoms with van der Waals surface area (Å²) in [6.45, 7) is 4.82. The third-order valence-corrected chi connectivity index (χ3v) is 3.83. The number of rotatable bonds is 4. The summed E-state index contributed by atoms with van der Waals surface area (Å²) < 4.78 is 4.99. The Morgan fingerprint density at radius 3 is 3.10 bits per heavy atom. The zero-order chi connectivity index (χ0) is 14.7. The van der Waals surface area contributed by atoms with Gasteiger partial charge in [-0.3, -0.25) is 9.78 Å². The molecule has 6 heteroatoms. The van der Waals surface area contributed by atoms with Crippen molar-refractivity contribution in [3.05, 3.63) is 34.3 Å². The average molecular weight is 289 g/mol. The van der Waals surface area contributed by atoms with Gasteiger partial charge in [-0.15, -0.1) is 0 Å². The zero-order valence-corrected chi connectivity index (χ0v) is 11.9. The van der Waals surface area contributed by atoms with Gasteiger partial charge in [0.2, 0.25) is 0 Å². The van der Waals surface area contributed by atoms with Crippen molar-refractivity contribution < 1.29 is 9.21 Å². The second-order valence-electron chi connectivity index (χ2n) is 5.34. The van der Waals surface area contributed by atoms with Gasteiger partial charge in [-0.05, 0) is 37.7 Å². The number of fused-ring (bicyclic) bond motifs is 1. The lowest BCUT2D eigenvalue weighted by Crippen LogP contribution is -2.30. The Labute approximate surface area is 122 Å². The third kappa shape index (κ3) is 3.40. The predicted molar refractivity (Wildman–Crippen MR) is 79.7 cm³/mol. The van der Waals surface area contributed by atoms with Crippen LogP contribution in [0.5, 0.6) is 0 Å². The maximum atomic E-state index is 12.3. The van der Waals surface area contributed by atoms with E-state index in [2.05, 4.69) is 15.2 Å². The summed E-state index contributed by atoms with van der Waals surface area (Å²) in [6, 6.07) is 5.09. The molecule has 1 saturated heterocycles. The van der Waals surface area contributed by atoms with Crippen LogP contribution in [-0.4, -0.2) is 48.4 Å². The highest BCUT2D eigenvalue weighted by Gasteiger charge is 2.13. The lowest BCUT2D eigenvalue weighted by molar-refractivity contribution is 0.0965. The number of Topliss-reactive ketones (excluding diaryl/α,β-unsaturated/α-hetero) is 1. The van der Waals surface area contributed by atoms with Gasteiger partial charge in [0, 0.05) is 31.6 Å². The Morgan fingerprint density at radius 2 is 2.19 bits per heavy atom. The van der Waals surface area contributed by atoms with Crippen molar-refractivity contribution in [3.63, 3.8) is 0 Å². The SMILES string of the molecule is O=C(CCN1CCCNCC1)c1ccc2[nH]c(=O)oc2c1. The normalized spacial score (nSPS) is 17.0. The molecule has 0 saturated carbocycles. The number of oxazole rings is 1. The van der Waals surface area contributed by atoms with E-state index < -0.39 is 5.76 Å². The quantitative estimate of drug-likeness (QED) is 0.821. The van der Waals surface area contributed by atoms with Gasteiger partial charge < -0.3 is 14.6 Å². The van der Waals surface area contributed by atoms with Gasteiger partial charge in [0.15, 0.2) is 11.4 Å². The number of aromatic amines is 1. The van der Waals surface area contributed by atoms with E-state index in [1.54, 1.807) is 18.2 Å². The van der Waals surface area contributed by atoms with Gasteiger partial charge >= 0.3 is 5.76 Å². The number of carbonyl (C=O) groups is 1. The first-order chi connectivity index (χ1) is 10.2. The van der Waals surface area contributed by atoms with Crippen LogP contribution in [0.4, 0.5) is 0 Å². The molecule has 2 N–H and O–H groups in total. The fraction of sp³-hybridized carbons (Fsp3) is 0.467. The molecule has 0 unspecified atom stereocenters. The van der Waals surface area contributed by atoms with E-state index in [-0.39, 0.29) is 5.78 Å². The number of carbonyl (C=O) groups excluding carboxylic acids is 1. The van der Waals surface area contributed by atoms with E-state index in [1.807, 2.05) is 0 Å². The third-order valence-electron chi connectivity index (χ3n) is 3.83. The highest BCUT2D eigenvalue weighted by atomic mass is 16.4. The lowest BCUT2D eigenvalue weighted by Gasteiger charge is -2.18. The zero-order valence-electron chi connectivity index (χ0n) is 11.9. The number of aromatic nitrogens is 1. The van der Waals surface area contributed by atoms with Crippen molar-refractivity contribution in [3.8, 4) is 0 Å². The van der Waals surface area contributed by atoms with E-state index in [0.29, 0.717) is 23.1 Å². The Balaban J connectivity index is 1.64. The number of nitrogens with one attached hydrogen (secondary N) is 2. The van der Waals surface area contributed by atoms with Crippen molar-refractivity contribution in [1.29, 1.82) is 0 Å². The van der Waals surface area contributed by atoms with Crippen molar-refractivity contribution in [2.45, 2.75) is 12.8 Å². The molecule has 3 rings (SSSR count). The van der Waals surface area contributed by atoms with Gasteiger partial charge in [0.25, 0.3) is 0 Å². The van der Waals surface area contributed by atoms with Crippen LogP contribution in [0.25, 0.3) is 11.1 Å². The highest BCUT2D eigenvalue weighted by Crippen LogP contribution is 2.14. The van der Waals surface area contributed by atoms with Crippen LogP contribution in [0.1, 0.15) is 23.2 Å². The second kappa shape index (κ2) is 6.24. The molecule has 21 heavy (non-hydrogen) atoms. The molecular weight excluding hydrogens is 270 g/mol. The molecule has 112 valence electrons. The topological polar surface area (TPSA) is 78.3 Å². The summed E-state index contributed by atoms with van der Waals surface area (Å²) in [6.07, 6.45) is 1.61. The minimum atomic E-state index is -0.494. The summed E-state index contributed by atoms with van der Waals surface area (Å²) in [5.74, 6) is -0.412. The Hall–Kier alpha value is -1.92. The summed E-state index contributed by atoms with van der Waals surface area (Å²) in [5, 5.41) is 3.35. The molecule has 1 aliphatic heterocycles. The molecule has 1 aromatic heterocycles. The van der Waals surface area contributed by atoms with Gasteiger partial charge in [0.05, 0.1) is 5.52 Å². The monoisotopic (exact) mass is 289 g/mol. The van der Waals surface area contributed by atoms with Gasteiger partial charge in [-0.1, -0.05) is 0 Å². The van der Waals surface area contributed by atoms with E-state index in [4.69, 9.17) is 4.42 Å². The number of nitrogens with zero attached hydrogens (tertiary/aromatic N) is 1. The van der Waals surface area contributed by atoms with Gasteiger partial charge in [0.1, 0.15) is 0 Å². The Kier molecular flexibility index (Phi) is 4.17. The summed E-state index contributed by atoms with van der Waals surface area (Å²) in [5.41, 5.74) is 1.65. The molecule has 2 aromatic rings. The van der Waals surface area contributed by atoms with Crippen LogP contribution >= 0.6 is 0 Å². The van der Waals surface area contributed by atoms with Crippen LogP contribution in [0, 0.1) is 0 Å². The number of ketones is 1. The maximum Gasteiger partial charge on any atom is 0.417 e.